The van der Waals surface area contributed by atoms with Crippen molar-refractivity contribution < 1.29 is 28.5 Å². The maximum Gasteiger partial charge on any atom is 0.363 e. The third-order valence-corrected chi connectivity index (χ3v) is 4.58. The summed E-state index contributed by atoms with van der Waals surface area (Å²) in [5.74, 6) is 0.144. The second kappa shape index (κ2) is 8.78. The van der Waals surface area contributed by atoms with Gasteiger partial charge >= 0.3 is 5.97 Å². The Morgan fingerprint density at radius 1 is 1.10 bits per heavy atom. The smallest absolute Gasteiger partial charge is 0.363 e. The number of methoxy groups -OCH3 is 1. The van der Waals surface area contributed by atoms with Crippen molar-refractivity contribution in [1.29, 1.82) is 0 Å². The summed E-state index contributed by atoms with van der Waals surface area (Å²) in [6, 6.07) is 14.3. The normalized spacial score (nSPS) is 13.2. The Labute approximate surface area is 178 Å². The standard InChI is InChI=1S/C22H21N3O6/c1-14(21(26)23-15-8-9-17-18(12-15)30-11-10-29-17)31-22(27)20-19(28-2)13-25(24-20)16-6-4-3-5-7-16/h3-9,12-14H,10-11H2,1-2H3,(H,23,26)/t14-/m0/s1. The van der Waals surface area contributed by atoms with E-state index in [1.807, 2.05) is 30.3 Å². The van der Waals surface area contributed by atoms with Crippen LogP contribution < -0.4 is 19.5 Å². The number of anilines is 1. The highest BCUT2D eigenvalue weighted by atomic mass is 16.6. The van der Waals surface area contributed by atoms with Crippen LogP contribution in [0.1, 0.15) is 17.4 Å². The minimum Gasteiger partial charge on any atom is -0.493 e. The number of benzene rings is 2. The molecule has 160 valence electrons. The molecule has 0 saturated heterocycles. The van der Waals surface area contributed by atoms with Gasteiger partial charge in [-0.25, -0.2) is 9.48 Å². The zero-order chi connectivity index (χ0) is 21.8. The van der Waals surface area contributed by atoms with E-state index in [-0.39, 0.29) is 11.4 Å². The number of fused-ring (bicyclic) bond motifs is 1. The highest BCUT2D eigenvalue weighted by molar-refractivity contribution is 5.97. The topological polar surface area (TPSA) is 101 Å². The fourth-order valence-electron chi connectivity index (χ4n) is 3.00. The van der Waals surface area contributed by atoms with Gasteiger partial charge in [0, 0.05) is 11.8 Å². The van der Waals surface area contributed by atoms with E-state index in [1.165, 1.54) is 18.7 Å². The Kier molecular flexibility index (Phi) is 5.74. The van der Waals surface area contributed by atoms with Gasteiger partial charge in [0.2, 0.25) is 5.69 Å². The lowest BCUT2D eigenvalue weighted by Gasteiger charge is -2.19. The molecular formula is C22H21N3O6. The van der Waals surface area contributed by atoms with Gasteiger partial charge < -0.3 is 24.3 Å². The first-order valence-corrected chi connectivity index (χ1v) is 9.65. The van der Waals surface area contributed by atoms with Gasteiger partial charge in [-0.15, -0.1) is 0 Å². The molecule has 1 aromatic heterocycles. The number of carbonyl (C=O) groups is 2. The molecule has 0 saturated carbocycles. The molecule has 0 radical (unpaired) electrons. The Balaban J connectivity index is 1.43. The number of aromatic nitrogens is 2. The van der Waals surface area contributed by atoms with Crippen LogP contribution in [-0.2, 0) is 9.53 Å². The van der Waals surface area contributed by atoms with Crippen LogP contribution in [-0.4, -0.2) is 48.1 Å². The summed E-state index contributed by atoms with van der Waals surface area (Å²) in [7, 11) is 1.43. The molecule has 9 nitrogen and oxygen atoms in total. The molecule has 4 rings (SSSR count). The third-order valence-electron chi connectivity index (χ3n) is 4.58. The van der Waals surface area contributed by atoms with Crippen molar-refractivity contribution in [1.82, 2.24) is 9.78 Å². The summed E-state index contributed by atoms with van der Waals surface area (Å²) in [6.45, 7) is 2.40. The third kappa shape index (κ3) is 4.45. The van der Waals surface area contributed by atoms with Gasteiger partial charge in [0.25, 0.3) is 5.91 Å². The number of esters is 1. The number of rotatable bonds is 6. The van der Waals surface area contributed by atoms with Gasteiger partial charge in [0.1, 0.15) is 13.2 Å². The zero-order valence-corrected chi connectivity index (χ0v) is 17.0. The van der Waals surface area contributed by atoms with Crippen LogP contribution in [0.15, 0.2) is 54.7 Å². The average Bonchev–Trinajstić information content (AvgIpc) is 3.24. The first-order valence-electron chi connectivity index (χ1n) is 9.65. The van der Waals surface area contributed by atoms with E-state index in [0.717, 1.165) is 5.69 Å². The summed E-state index contributed by atoms with van der Waals surface area (Å²) < 4.78 is 23.0. The van der Waals surface area contributed by atoms with Crippen LogP contribution in [0.2, 0.25) is 0 Å². The maximum absolute atomic E-state index is 12.6. The van der Waals surface area contributed by atoms with E-state index in [2.05, 4.69) is 10.4 Å². The van der Waals surface area contributed by atoms with E-state index < -0.39 is 18.0 Å². The number of para-hydroxylation sites is 1. The van der Waals surface area contributed by atoms with Crippen LogP contribution in [0, 0.1) is 0 Å². The van der Waals surface area contributed by atoms with Crippen LogP contribution in [0.25, 0.3) is 5.69 Å². The first-order chi connectivity index (χ1) is 15.0. The monoisotopic (exact) mass is 423 g/mol. The minimum atomic E-state index is -1.06. The van der Waals surface area contributed by atoms with Gasteiger partial charge in [-0.3, -0.25) is 4.79 Å². The summed E-state index contributed by atoms with van der Waals surface area (Å²) in [4.78, 5) is 25.1. The van der Waals surface area contributed by atoms with Crippen molar-refractivity contribution in [2.45, 2.75) is 13.0 Å². The number of ether oxygens (including phenoxy) is 4. The molecule has 0 fully saturated rings. The lowest BCUT2D eigenvalue weighted by atomic mass is 10.2. The molecule has 9 heteroatoms. The zero-order valence-electron chi connectivity index (χ0n) is 17.0. The van der Waals surface area contributed by atoms with Crippen molar-refractivity contribution in [2.75, 3.05) is 25.6 Å². The molecule has 1 aliphatic rings. The lowest BCUT2D eigenvalue weighted by Crippen LogP contribution is -2.30. The fraction of sp³-hybridized carbons (Fsp3) is 0.227. The predicted molar refractivity (Wildman–Crippen MR) is 111 cm³/mol. The molecule has 3 aromatic rings. The molecule has 31 heavy (non-hydrogen) atoms. The molecule has 1 aliphatic heterocycles. The second-order valence-electron chi connectivity index (χ2n) is 6.72. The number of hydrogen-bond donors (Lipinski definition) is 1. The van der Waals surface area contributed by atoms with E-state index in [1.54, 1.807) is 24.4 Å². The molecule has 1 amide bonds. The second-order valence-corrected chi connectivity index (χ2v) is 6.72. The molecule has 2 heterocycles. The van der Waals surface area contributed by atoms with E-state index in [4.69, 9.17) is 18.9 Å². The summed E-state index contributed by atoms with van der Waals surface area (Å²) >= 11 is 0. The average molecular weight is 423 g/mol. The highest BCUT2D eigenvalue weighted by Crippen LogP contribution is 2.32. The van der Waals surface area contributed by atoms with E-state index >= 15 is 0 Å². The maximum atomic E-state index is 12.6. The Hall–Kier alpha value is -4.01. The van der Waals surface area contributed by atoms with Crippen molar-refractivity contribution in [3.05, 3.63) is 60.4 Å². The largest absolute Gasteiger partial charge is 0.493 e. The molecule has 0 spiro atoms. The predicted octanol–water partition coefficient (Wildman–Crippen LogP) is 2.84. The van der Waals surface area contributed by atoms with E-state index in [9.17, 15) is 9.59 Å². The molecular weight excluding hydrogens is 402 g/mol. The van der Waals surface area contributed by atoms with Crippen molar-refractivity contribution in [3.63, 3.8) is 0 Å². The molecule has 1 atom stereocenters. The van der Waals surface area contributed by atoms with Gasteiger partial charge in [0.15, 0.2) is 23.4 Å². The van der Waals surface area contributed by atoms with Crippen molar-refractivity contribution >= 4 is 17.6 Å². The number of nitrogens with zero attached hydrogens (tertiary/aromatic N) is 2. The lowest BCUT2D eigenvalue weighted by molar-refractivity contribution is -0.123. The van der Waals surface area contributed by atoms with Crippen LogP contribution in [0.5, 0.6) is 17.2 Å². The Bertz CT molecular complexity index is 1100. The van der Waals surface area contributed by atoms with Crippen LogP contribution in [0.3, 0.4) is 0 Å². The minimum absolute atomic E-state index is 0.0228. The first kappa shape index (κ1) is 20.3. The number of amides is 1. The molecule has 0 aliphatic carbocycles. The number of carbonyl (C=O) groups excluding carboxylic acids is 2. The van der Waals surface area contributed by atoms with Crippen molar-refractivity contribution in [2.24, 2.45) is 0 Å². The molecule has 0 unspecified atom stereocenters. The van der Waals surface area contributed by atoms with Gasteiger partial charge in [-0.2, -0.15) is 5.10 Å². The number of hydrogen-bond acceptors (Lipinski definition) is 7. The van der Waals surface area contributed by atoms with Crippen molar-refractivity contribution in [3.8, 4) is 22.9 Å². The Morgan fingerprint density at radius 3 is 2.58 bits per heavy atom. The summed E-state index contributed by atoms with van der Waals surface area (Å²) in [6.07, 6.45) is 0.513. The van der Waals surface area contributed by atoms with Crippen LogP contribution in [0.4, 0.5) is 5.69 Å². The van der Waals surface area contributed by atoms with Gasteiger partial charge in [0.05, 0.1) is 19.0 Å². The summed E-state index contributed by atoms with van der Waals surface area (Å²) in [5.41, 5.74) is 1.23. The van der Waals surface area contributed by atoms with E-state index in [0.29, 0.717) is 30.4 Å². The fourth-order valence-corrected chi connectivity index (χ4v) is 3.00. The molecule has 0 bridgehead atoms. The highest BCUT2D eigenvalue weighted by Gasteiger charge is 2.25. The SMILES string of the molecule is COc1cn(-c2ccccc2)nc1C(=O)O[C@@H](C)C(=O)Nc1ccc2c(c1)OCCO2. The van der Waals surface area contributed by atoms with Gasteiger partial charge in [-0.05, 0) is 31.2 Å². The molecule has 2 aromatic carbocycles. The van der Waals surface area contributed by atoms with Crippen LogP contribution >= 0.6 is 0 Å². The summed E-state index contributed by atoms with van der Waals surface area (Å²) in [5, 5.41) is 6.95. The Morgan fingerprint density at radius 2 is 1.84 bits per heavy atom. The number of nitrogens with one attached hydrogen (secondary N) is 1. The van der Waals surface area contributed by atoms with Gasteiger partial charge in [-0.1, -0.05) is 18.2 Å². The quantitative estimate of drug-likeness (QED) is 0.609. The molecule has 1 N–H and O–H groups in total.